The lowest BCUT2D eigenvalue weighted by molar-refractivity contribution is -0.142. The van der Waals surface area contributed by atoms with Gasteiger partial charge in [0.25, 0.3) is 5.91 Å². The summed E-state index contributed by atoms with van der Waals surface area (Å²) >= 11 is 6.49. The number of carbonyl (C=O) groups is 3. The maximum atomic E-state index is 13.8. The summed E-state index contributed by atoms with van der Waals surface area (Å²) in [5.41, 5.74) is 3.51. The van der Waals surface area contributed by atoms with Crippen molar-refractivity contribution in [3.05, 3.63) is 58.7 Å². The Kier molecular flexibility index (Phi) is 8.95. The molecule has 0 aliphatic carbocycles. The highest BCUT2D eigenvalue weighted by molar-refractivity contribution is 6.35. The van der Waals surface area contributed by atoms with Crippen LogP contribution in [0, 0.1) is 0 Å². The molecule has 1 aromatic heterocycles. The first-order chi connectivity index (χ1) is 21.3. The van der Waals surface area contributed by atoms with Gasteiger partial charge in [-0.2, -0.15) is 5.10 Å². The van der Waals surface area contributed by atoms with E-state index in [4.69, 9.17) is 16.3 Å². The van der Waals surface area contributed by atoms with Gasteiger partial charge in [0.05, 0.1) is 16.7 Å². The lowest BCUT2D eigenvalue weighted by Crippen LogP contribution is -2.52. The number of nitrogens with zero attached hydrogens (tertiary/aromatic N) is 5. The van der Waals surface area contributed by atoms with E-state index >= 15 is 0 Å². The lowest BCUT2D eigenvalue weighted by Gasteiger charge is -2.38. The smallest absolute Gasteiger partial charge is 0.410 e. The number of benzene rings is 2. The van der Waals surface area contributed by atoms with Crippen molar-refractivity contribution in [1.29, 1.82) is 0 Å². The Morgan fingerprint density at radius 1 is 1.05 bits per heavy atom. The number of para-hydroxylation sites is 1. The molecule has 3 aliphatic rings. The average Bonchev–Trinajstić information content (AvgIpc) is 3.44. The zero-order valence-corrected chi connectivity index (χ0v) is 26.1. The van der Waals surface area contributed by atoms with E-state index in [1.807, 2.05) is 40.1 Å². The van der Waals surface area contributed by atoms with E-state index in [0.29, 0.717) is 56.6 Å². The largest absolute Gasteiger partial charge is 0.436 e. The first-order valence-corrected chi connectivity index (χ1v) is 15.8. The van der Waals surface area contributed by atoms with Crippen LogP contribution in [-0.4, -0.2) is 113 Å². The SMILES string of the molecule is CN(C)C1CCN(C(=O)C(Cc2cc(Cl)c3[nH]ncc3c2)OC(=O)N2CCC(N3CCc4ccccc4NC3=O)CC2)CC1. The molecule has 12 heteroatoms. The third-order valence-corrected chi connectivity index (χ3v) is 9.61. The molecule has 2 saturated heterocycles. The molecular weight excluding hydrogens is 582 g/mol. The minimum absolute atomic E-state index is 0.0209. The van der Waals surface area contributed by atoms with E-state index in [2.05, 4.69) is 34.5 Å². The number of H-pyrrole nitrogens is 1. The third-order valence-electron chi connectivity index (χ3n) is 9.31. The monoisotopic (exact) mass is 621 g/mol. The number of piperidine rings is 2. The minimum atomic E-state index is -0.980. The van der Waals surface area contributed by atoms with Crippen LogP contribution < -0.4 is 5.32 Å². The summed E-state index contributed by atoms with van der Waals surface area (Å²) in [6.07, 6.45) is 4.21. The van der Waals surface area contributed by atoms with Crippen molar-refractivity contribution in [3.8, 4) is 0 Å². The molecule has 11 nitrogen and oxygen atoms in total. The van der Waals surface area contributed by atoms with E-state index in [-0.39, 0.29) is 24.4 Å². The third kappa shape index (κ3) is 6.49. The highest BCUT2D eigenvalue weighted by Crippen LogP contribution is 2.27. The molecule has 4 amide bonds. The Bertz CT molecular complexity index is 1510. The van der Waals surface area contributed by atoms with Crippen LogP contribution in [0.3, 0.4) is 0 Å². The molecule has 6 rings (SSSR count). The molecule has 1 unspecified atom stereocenters. The van der Waals surface area contributed by atoms with Crippen molar-refractivity contribution in [3.63, 3.8) is 0 Å². The lowest BCUT2D eigenvalue weighted by atomic mass is 10.0. The van der Waals surface area contributed by atoms with Gasteiger partial charge in [0, 0.05) is 62.3 Å². The number of aromatic nitrogens is 2. The number of aromatic amines is 1. The fourth-order valence-corrected chi connectivity index (χ4v) is 6.98. The molecule has 2 N–H and O–H groups in total. The summed E-state index contributed by atoms with van der Waals surface area (Å²) < 4.78 is 6.01. The number of urea groups is 1. The van der Waals surface area contributed by atoms with E-state index < -0.39 is 12.2 Å². The Labute approximate surface area is 262 Å². The highest BCUT2D eigenvalue weighted by atomic mass is 35.5. The van der Waals surface area contributed by atoms with Gasteiger partial charge in [0.1, 0.15) is 0 Å². The minimum Gasteiger partial charge on any atom is -0.436 e. The van der Waals surface area contributed by atoms with E-state index in [0.717, 1.165) is 47.0 Å². The molecular formula is C32H40ClN7O4. The average molecular weight is 622 g/mol. The van der Waals surface area contributed by atoms with Gasteiger partial charge in [0.2, 0.25) is 0 Å². The van der Waals surface area contributed by atoms with Crippen LogP contribution >= 0.6 is 11.6 Å². The van der Waals surface area contributed by atoms with Crippen molar-refractivity contribution >= 4 is 46.2 Å². The number of ether oxygens (including phenoxy) is 1. The summed E-state index contributed by atoms with van der Waals surface area (Å²) in [6, 6.07) is 11.9. The number of carbonyl (C=O) groups excluding carboxylic acids is 3. The Balaban J connectivity index is 1.11. The number of halogens is 1. The van der Waals surface area contributed by atoms with Crippen molar-refractivity contribution in [2.24, 2.45) is 0 Å². The standard InChI is InChI=1S/C32H40ClN7O4/c1-37(2)24-8-12-38(13-9-24)30(41)28(19-21-17-23-20-34-36-29(23)26(33)18-21)44-32(43)39-14-10-25(11-15-39)40-16-7-22-5-3-4-6-27(22)35-31(40)42/h3-6,17-18,20,24-25,28H,7-16,19H2,1-2H3,(H,34,36)(H,35,42). The van der Waals surface area contributed by atoms with Gasteiger partial charge >= 0.3 is 12.1 Å². The number of hydrogen-bond acceptors (Lipinski definition) is 6. The molecule has 0 spiro atoms. The van der Waals surface area contributed by atoms with Crippen molar-refractivity contribution in [2.45, 2.75) is 56.7 Å². The normalized spacial score (nSPS) is 19.1. The van der Waals surface area contributed by atoms with Gasteiger partial charge in [-0.05, 0) is 75.5 Å². The van der Waals surface area contributed by atoms with Crippen LogP contribution in [0.25, 0.3) is 10.9 Å². The number of nitrogens with one attached hydrogen (secondary N) is 2. The predicted octanol–water partition coefficient (Wildman–Crippen LogP) is 4.37. The second-order valence-corrected chi connectivity index (χ2v) is 12.7. The van der Waals surface area contributed by atoms with Crippen LogP contribution in [0.4, 0.5) is 15.3 Å². The van der Waals surface area contributed by atoms with Crippen molar-refractivity contribution in [2.75, 3.05) is 52.1 Å². The predicted molar refractivity (Wildman–Crippen MR) is 169 cm³/mol. The quantitative estimate of drug-likeness (QED) is 0.423. The van der Waals surface area contributed by atoms with E-state index in [1.54, 1.807) is 17.2 Å². The van der Waals surface area contributed by atoms with Crippen LogP contribution in [0.5, 0.6) is 0 Å². The summed E-state index contributed by atoms with van der Waals surface area (Å²) in [5, 5.41) is 11.3. The molecule has 234 valence electrons. The molecule has 3 aliphatic heterocycles. The van der Waals surface area contributed by atoms with E-state index in [1.165, 1.54) is 0 Å². The number of likely N-dealkylation sites (tertiary alicyclic amines) is 2. The van der Waals surface area contributed by atoms with Gasteiger partial charge in [-0.15, -0.1) is 0 Å². The number of fused-ring (bicyclic) bond motifs is 2. The Morgan fingerprint density at radius 2 is 1.77 bits per heavy atom. The summed E-state index contributed by atoms with van der Waals surface area (Å²) in [4.78, 5) is 47.9. The molecule has 4 heterocycles. The first-order valence-electron chi connectivity index (χ1n) is 15.4. The molecule has 1 atom stereocenters. The second-order valence-electron chi connectivity index (χ2n) is 12.3. The number of anilines is 1. The van der Waals surface area contributed by atoms with Crippen molar-refractivity contribution < 1.29 is 19.1 Å². The number of amides is 4. The molecule has 0 saturated carbocycles. The van der Waals surface area contributed by atoms with Crippen LogP contribution in [0.1, 0.15) is 36.8 Å². The molecule has 2 fully saturated rings. The van der Waals surface area contributed by atoms with Crippen LogP contribution in [0.2, 0.25) is 5.02 Å². The van der Waals surface area contributed by atoms with Gasteiger partial charge in [-0.25, -0.2) is 9.59 Å². The zero-order chi connectivity index (χ0) is 30.8. The fraction of sp³-hybridized carbons (Fsp3) is 0.500. The first kappa shape index (κ1) is 30.2. The summed E-state index contributed by atoms with van der Waals surface area (Å²) in [5.74, 6) is -0.186. The molecule has 44 heavy (non-hydrogen) atoms. The maximum absolute atomic E-state index is 13.8. The van der Waals surface area contributed by atoms with Gasteiger partial charge in [-0.1, -0.05) is 29.8 Å². The topological polar surface area (TPSA) is 114 Å². The maximum Gasteiger partial charge on any atom is 0.410 e. The second kappa shape index (κ2) is 13.0. The van der Waals surface area contributed by atoms with Crippen molar-refractivity contribution in [1.82, 2.24) is 29.8 Å². The highest BCUT2D eigenvalue weighted by Gasteiger charge is 2.35. The molecule has 3 aromatic rings. The van der Waals surface area contributed by atoms with Crippen LogP contribution in [-0.2, 0) is 22.4 Å². The number of rotatable bonds is 6. The Morgan fingerprint density at radius 3 is 2.52 bits per heavy atom. The summed E-state index contributed by atoms with van der Waals surface area (Å²) in [7, 11) is 4.12. The van der Waals surface area contributed by atoms with Gasteiger partial charge < -0.3 is 29.7 Å². The Hall–Kier alpha value is -3.83. The van der Waals surface area contributed by atoms with E-state index in [9.17, 15) is 14.4 Å². The molecule has 0 radical (unpaired) electrons. The fourth-order valence-electron chi connectivity index (χ4n) is 6.68. The summed E-state index contributed by atoms with van der Waals surface area (Å²) in [6.45, 7) is 2.75. The molecule has 0 bridgehead atoms. The number of hydrogen-bond donors (Lipinski definition) is 2. The van der Waals surface area contributed by atoms with Gasteiger partial charge in [-0.3, -0.25) is 9.89 Å². The van der Waals surface area contributed by atoms with Gasteiger partial charge in [0.15, 0.2) is 6.10 Å². The van der Waals surface area contributed by atoms with Crippen LogP contribution in [0.15, 0.2) is 42.6 Å². The zero-order valence-electron chi connectivity index (χ0n) is 25.3. The molecule has 2 aromatic carbocycles.